The molecule has 436 valence electrons. The number of carboxylic acids is 2. The fourth-order valence-corrected chi connectivity index (χ4v) is 10.3. The summed E-state index contributed by atoms with van der Waals surface area (Å²) in [5.41, 5.74) is 9.81. The molecule has 19 nitrogen and oxygen atoms in total. The number of halogens is 2. The molecule has 0 saturated heterocycles. The summed E-state index contributed by atoms with van der Waals surface area (Å²) in [6.07, 6.45) is 9.02. The van der Waals surface area contributed by atoms with Gasteiger partial charge in [0.25, 0.3) is 0 Å². The zero-order valence-corrected chi connectivity index (χ0v) is 48.3. The van der Waals surface area contributed by atoms with Gasteiger partial charge in [-0.05, 0) is 91.5 Å². The lowest BCUT2D eigenvalue weighted by atomic mass is 9.82. The molecule has 0 aliphatic heterocycles. The molecule has 0 bridgehead atoms. The molecule has 23 heteroatoms. The second-order valence-electron chi connectivity index (χ2n) is 21.7. The van der Waals surface area contributed by atoms with Crippen LogP contribution in [-0.4, -0.2) is 125 Å². The molecule has 0 fully saturated rings. The van der Waals surface area contributed by atoms with Crippen molar-refractivity contribution in [3.63, 3.8) is 0 Å². The SMILES string of the molecule is CCCNCCCCCCCCCCOOOOC(=O)C(SC[C@](N)(C(=O)O)C(=O)[C@@H](N)CCC(=O)O)C(=O)N(CCCNC(=O)OCC[Si](C)(C)C)[C@@H](c1cc(-c2cc(F)ccc2F)cn1Cc1ccccc1)C(C)(C)C. The molecule has 1 heterocycles. The number of carbonyl (C=O) groups is 6. The minimum atomic E-state index is -2.87. The fourth-order valence-electron chi connectivity index (χ4n) is 8.42. The summed E-state index contributed by atoms with van der Waals surface area (Å²) in [7, 11) is -1.54. The summed E-state index contributed by atoms with van der Waals surface area (Å²) in [5.74, 6) is -9.28. The van der Waals surface area contributed by atoms with Crippen LogP contribution >= 0.6 is 11.8 Å². The van der Waals surface area contributed by atoms with Crippen molar-refractivity contribution in [1.29, 1.82) is 0 Å². The Kier molecular flexibility index (Phi) is 29.2. The van der Waals surface area contributed by atoms with E-state index < -0.39 is 102 Å². The van der Waals surface area contributed by atoms with Gasteiger partial charge < -0.3 is 46.5 Å². The maximum Gasteiger partial charge on any atom is 0.407 e. The second kappa shape index (κ2) is 34.0. The number of hydrogen-bond acceptors (Lipinski definition) is 15. The molecule has 3 aromatic rings. The molecule has 0 saturated carbocycles. The van der Waals surface area contributed by atoms with Gasteiger partial charge in [0.2, 0.25) is 5.91 Å². The standard InChI is InChI=1S/C55H84F2N6O13SSi/c1-8-27-60-28-18-13-11-9-10-12-14-19-31-73-75-76-74-51(68)47(77-38-55(59,52(69)70)49(66)44(58)25-26-46(64)65)50(67)63(30-20-29-61-53(71)72-32-33-78(5,6)7)48(54(2,3)4)45-34-40(42-35-41(56)23-24-43(42)57)37-62(45)36-39-21-16-15-17-22-39/h15-17,21-24,34-35,37,44,47-48,60H,8-14,18-20,25-33,36,38,58-59H2,1-7H3,(H,61,71)(H,64,65)(H,69,70)/t44-,47?,48-,55+/m0/s1. The minimum absolute atomic E-state index is 0.0292. The summed E-state index contributed by atoms with van der Waals surface area (Å²) in [6.45, 7) is 16.2. The molecule has 0 spiro atoms. The van der Waals surface area contributed by atoms with E-state index in [4.69, 9.17) is 36.1 Å². The van der Waals surface area contributed by atoms with Gasteiger partial charge in [-0.25, -0.2) is 28.1 Å². The molecule has 4 atom stereocenters. The number of unbranched alkanes of at least 4 members (excludes halogenated alkanes) is 7. The van der Waals surface area contributed by atoms with E-state index in [-0.39, 0.29) is 50.4 Å². The first-order valence-corrected chi connectivity index (χ1v) is 31.6. The van der Waals surface area contributed by atoms with Crippen LogP contribution in [0.3, 0.4) is 0 Å². The second-order valence-corrected chi connectivity index (χ2v) is 28.4. The number of carboxylic acid groups (broad SMARTS) is 2. The minimum Gasteiger partial charge on any atom is -0.481 e. The lowest BCUT2D eigenvalue weighted by molar-refractivity contribution is -0.617. The van der Waals surface area contributed by atoms with Crippen LogP contribution in [0.5, 0.6) is 0 Å². The Hall–Kier alpha value is -5.27. The number of Topliss-reactive ketones (excluding diaryl/α,β-unsaturated/α-hetero) is 1. The van der Waals surface area contributed by atoms with Gasteiger partial charge in [-0.15, -0.1) is 11.8 Å². The summed E-state index contributed by atoms with van der Waals surface area (Å²) >= 11 is 0.322. The van der Waals surface area contributed by atoms with Crippen molar-refractivity contribution < 1.29 is 72.3 Å². The Balaban J connectivity index is 2.05. The average molecular weight is 1140 g/mol. The van der Waals surface area contributed by atoms with E-state index in [0.29, 0.717) is 23.9 Å². The van der Waals surface area contributed by atoms with Gasteiger partial charge in [0.1, 0.15) is 11.6 Å². The van der Waals surface area contributed by atoms with Gasteiger partial charge in [0.15, 0.2) is 16.6 Å². The summed E-state index contributed by atoms with van der Waals surface area (Å²) < 4.78 is 37.6. The normalized spacial score (nSPS) is 13.7. The van der Waals surface area contributed by atoms with Gasteiger partial charge in [-0.3, -0.25) is 19.3 Å². The summed E-state index contributed by atoms with van der Waals surface area (Å²) in [4.78, 5) is 92.0. The third-order valence-corrected chi connectivity index (χ3v) is 15.7. The van der Waals surface area contributed by atoms with E-state index in [2.05, 4.69) is 37.2 Å². The number of alkyl carbamates (subject to hydrolysis) is 1. The number of ether oxygens (including phenoxy) is 1. The van der Waals surface area contributed by atoms with E-state index in [1.807, 2.05) is 51.1 Å². The number of nitrogens with one attached hydrogen (secondary N) is 2. The predicted octanol–water partition coefficient (Wildman–Crippen LogP) is 8.96. The number of aromatic nitrogens is 1. The maximum atomic E-state index is 15.6. The van der Waals surface area contributed by atoms with Crippen molar-refractivity contribution in [1.82, 2.24) is 20.1 Å². The number of thioether (sulfide) groups is 1. The molecular weight excluding hydrogens is 1050 g/mol. The molecule has 3 rings (SSSR count). The van der Waals surface area contributed by atoms with E-state index >= 15 is 9.18 Å². The maximum absolute atomic E-state index is 15.6. The highest BCUT2D eigenvalue weighted by atomic mass is 32.2. The quantitative estimate of drug-likeness (QED) is 0.0102. The number of amides is 2. The van der Waals surface area contributed by atoms with Gasteiger partial charge in [0.05, 0.1) is 25.3 Å². The molecule has 1 unspecified atom stereocenters. The topological polar surface area (TPSA) is 273 Å². The van der Waals surface area contributed by atoms with Crippen LogP contribution in [0, 0.1) is 17.0 Å². The van der Waals surface area contributed by atoms with Crippen LogP contribution in [0.4, 0.5) is 13.6 Å². The van der Waals surface area contributed by atoms with Gasteiger partial charge in [0, 0.05) is 67.9 Å². The largest absolute Gasteiger partial charge is 0.481 e. The molecule has 2 aromatic carbocycles. The summed E-state index contributed by atoms with van der Waals surface area (Å²) in [5, 5.41) is 33.1. The third kappa shape index (κ3) is 23.6. The van der Waals surface area contributed by atoms with Crippen molar-refractivity contribution >= 4 is 55.5 Å². The number of nitrogens with zero attached hydrogens (tertiary/aromatic N) is 2. The Morgan fingerprint density at radius 3 is 2.14 bits per heavy atom. The highest BCUT2D eigenvalue weighted by Crippen LogP contribution is 2.42. The molecule has 8 N–H and O–H groups in total. The van der Waals surface area contributed by atoms with Gasteiger partial charge in [-0.2, -0.15) is 0 Å². The Labute approximate surface area is 462 Å². The van der Waals surface area contributed by atoms with Crippen molar-refractivity contribution in [3.05, 3.63) is 83.7 Å². The van der Waals surface area contributed by atoms with E-state index in [0.717, 1.165) is 94.3 Å². The van der Waals surface area contributed by atoms with Crippen molar-refractivity contribution in [3.8, 4) is 11.1 Å². The number of nitrogens with two attached hydrogens (primary N) is 2. The van der Waals surface area contributed by atoms with E-state index in [1.165, 1.54) is 4.90 Å². The van der Waals surface area contributed by atoms with E-state index in [1.54, 1.807) is 16.8 Å². The monoisotopic (exact) mass is 1130 g/mol. The van der Waals surface area contributed by atoms with Crippen LogP contribution < -0.4 is 22.1 Å². The first-order valence-electron chi connectivity index (χ1n) is 26.8. The van der Waals surface area contributed by atoms with Gasteiger partial charge in [-0.1, -0.05) is 116 Å². The van der Waals surface area contributed by atoms with Crippen LogP contribution in [0.25, 0.3) is 11.1 Å². The van der Waals surface area contributed by atoms with Crippen LogP contribution in [0.2, 0.25) is 25.7 Å². The zero-order chi connectivity index (χ0) is 57.9. The number of aliphatic carboxylic acids is 2. The number of hydrogen-bond donors (Lipinski definition) is 6. The Morgan fingerprint density at radius 1 is 0.846 bits per heavy atom. The number of rotatable bonds is 39. The molecule has 78 heavy (non-hydrogen) atoms. The average Bonchev–Trinajstić information content (AvgIpc) is 3.92. The molecule has 0 aliphatic rings. The lowest BCUT2D eigenvalue weighted by Crippen LogP contribution is -2.62. The predicted molar refractivity (Wildman–Crippen MR) is 296 cm³/mol. The summed E-state index contributed by atoms with van der Waals surface area (Å²) in [6, 6.07) is 11.9. The first kappa shape index (κ1) is 67.0. The van der Waals surface area contributed by atoms with E-state index in [9.17, 15) is 38.6 Å². The smallest absolute Gasteiger partial charge is 0.407 e. The van der Waals surface area contributed by atoms with Crippen LogP contribution in [-0.2, 0) is 55.1 Å². The van der Waals surface area contributed by atoms with Crippen molar-refractivity contribution in [2.75, 3.05) is 45.1 Å². The third-order valence-electron chi connectivity index (χ3n) is 12.7. The molecule has 0 aliphatic carbocycles. The van der Waals surface area contributed by atoms with Crippen LogP contribution in [0.15, 0.2) is 60.8 Å². The molecule has 2 amide bonds. The lowest BCUT2D eigenvalue weighted by Gasteiger charge is -2.42. The number of benzene rings is 2. The van der Waals surface area contributed by atoms with Gasteiger partial charge >= 0.3 is 24.0 Å². The fraction of sp³-hybridized carbons (Fsp3) is 0.600. The Morgan fingerprint density at radius 2 is 1.51 bits per heavy atom. The molecular formula is C55H84F2N6O13SSi. The first-order chi connectivity index (χ1) is 36.9. The highest BCUT2D eigenvalue weighted by Gasteiger charge is 2.48. The molecule has 0 radical (unpaired) electrons. The van der Waals surface area contributed by atoms with Crippen molar-refractivity contribution in [2.24, 2.45) is 16.9 Å². The number of carbonyl (C=O) groups excluding carboxylic acids is 4. The Bertz CT molecular complexity index is 2360. The van der Waals surface area contributed by atoms with Crippen molar-refractivity contribution in [2.45, 2.75) is 160 Å². The van der Waals surface area contributed by atoms with Crippen LogP contribution in [0.1, 0.15) is 122 Å². The molecule has 1 aromatic heterocycles. The number of ketones is 1. The highest BCUT2D eigenvalue weighted by molar-refractivity contribution is 8.01. The zero-order valence-electron chi connectivity index (χ0n) is 46.5.